The molecule has 0 unspecified atom stereocenters. The van der Waals surface area contributed by atoms with E-state index in [9.17, 15) is 9.59 Å². The Bertz CT molecular complexity index is 297. The van der Waals surface area contributed by atoms with E-state index in [-0.39, 0.29) is 11.6 Å². The standard InChI is InChI=1S/C10H9O2/c1-7(11)9-4-3-5-10(6-9)8(2)12/h3-6H,1H2,2H3. The van der Waals surface area contributed by atoms with Gasteiger partial charge < -0.3 is 0 Å². The first-order valence-electron chi connectivity index (χ1n) is 3.58. The van der Waals surface area contributed by atoms with Crippen LogP contribution in [0.5, 0.6) is 0 Å². The minimum Gasteiger partial charge on any atom is -0.295 e. The molecule has 0 amide bonds. The van der Waals surface area contributed by atoms with E-state index in [0.717, 1.165) is 0 Å². The smallest absolute Gasteiger partial charge is 0.163 e. The molecule has 2 heteroatoms. The quantitative estimate of drug-likeness (QED) is 0.621. The second kappa shape index (κ2) is 3.30. The summed E-state index contributed by atoms with van der Waals surface area (Å²) in [6.07, 6.45) is 0. The van der Waals surface area contributed by atoms with Crippen molar-refractivity contribution in [2.75, 3.05) is 0 Å². The summed E-state index contributed by atoms with van der Waals surface area (Å²) in [5, 5.41) is 0. The normalized spacial score (nSPS) is 9.50. The minimum absolute atomic E-state index is 0.0434. The fourth-order valence-corrected chi connectivity index (χ4v) is 0.912. The summed E-state index contributed by atoms with van der Waals surface area (Å²) in [5.41, 5.74) is 1.02. The number of hydrogen-bond donors (Lipinski definition) is 0. The number of carbonyl (C=O) groups is 2. The summed E-state index contributed by atoms with van der Waals surface area (Å²) < 4.78 is 0. The van der Waals surface area contributed by atoms with Crippen molar-refractivity contribution >= 4 is 11.6 Å². The van der Waals surface area contributed by atoms with Crippen LogP contribution in [0.2, 0.25) is 0 Å². The molecule has 0 saturated carbocycles. The highest BCUT2D eigenvalue weighted by Crippen LogP contribution is 2.06. The number of ketones is 2. The molecule has 0 spiro atoms. The molecule has 0 aromatic heterocycles. The van der Waals surface area contributed by atoms with Gasteiger partial charge in [0.1, 0.15) is 0 Å². The Hall–Kier alpha value is -1.44. The van der Waals surface area contributed by atoms with Gasteiger partial charge in [-0.3, -0.25) is 9.59 Å². The molecule has 1 rings (SSSR count). The highest BCUT2D eigenvalue weighted by Gasteiger charge is 2.02. The molecule has 0 saturated heterocycles. The maximum atomic E-state index is 10.9. The molecule has 1 radical (unpaired) electrons. The van der Waals surface area contributed by atoms with Crippen LogP contribution < -0.4 is 0 Å². The second-order valence-corrected chi connectivity index (χ2v) is 2.56. The first-order chi connectivity index (χ1) is 5.61. The van der Waals surface area contributed by atoms with Gasteiger partial charge in [-0.15, -0.1) is 0 Å². The van der Waals surface area contributed by atoms with E-state index in [4.69, 9.17) is 0 Å². The SMILES string of the molecule is [CH2]C(=O)c1cccc(C(C)=O)c1. The van der Waals surface area contributed by atoms with Gasteiger partial charge in [-0.25, -0.2) is 0 Å². The van der Waals surface area contributed by atoms with Gasteiger partial charge in [-0.05, 0) is 13.0 Å². The fraction of sp³-hybridized carbons (Fsp3) is 0.100. The lowest BCUT2D eigenvalue weighted by Crippen LogP contribution is -1.97. The average molecular weight is 161 g/mol. The van der Waals surface area contributed by atoms with E-state index < -0.39 is 0 Å². The number of hydrogen-bond acceptors (Lipinski definition) is 2. The third kappa shape index (κ3) is 1.78. The maximum Gasteiger partial charge on any atom is 0.163 e. The van der Waals surface area contributed by atoms with Crippen molar-refractivity contribution in [3.8, 4) is 0 Å². The number of benzene rings is 1. The minimum atomic E-state index is -0.266. The molecular weight excluding hydrogens is 152 g/mol. The Morgan fingerprint density at radius 3 is 2.33 bits per heavy atom. The summed E-state index contributed by atoms with van der Waals surface area (Å²) in [6, 6.07) is 6.54. The average Bonchev–Trinajstić information content (AvgIpc) is 2.04. The first-order valence-corrected chi connectivity index (χ1v) is 3.58. The monoisotopic (exact) mass is 161 g/mol. The lowest BCUT2D eigenvalue weighted by molar-refractivity contribution is 0.101. The Balaban J connectivity index is 3.12. The van der Waals surface area contributed by atoms with Crippen molar-refractivity contribution in [2.24, 2.45) is 0 Å². The van der Waals surface area contributed by atoms with Gasteiger partial charge in [0, 0.05) is 18.1 Å². The maximum absolute atomic E-state index is 10.9. The molecule has 1 aromatic carbocycles. The zero-order chi connectivity index (χ0) is 9.14. The molecule has 0 aliphatic heterocycles. The van der Waals surface area contributed by atoms with Crippen molar-refractivity contribution in [3.63, 3.8) is 0 Å². The number of carbonyl (C=O) groups excluding carboxylic acids is 2. The molecule has 0 atom stereocenters. The van der Waals surface area contributed by atoms with E-state index in [0.29, 0.717) is 11.1 Å². The highest BCUT2D eigenvalue weighted by atomic mass is 16.1. The zero-order valence-corrected chi connectivity index (χ0v) is 6.83. The molecule has 12 heavy (non-hydrogen) atoms. The summed E-state index contributed by atoms with van der Waals surface area (Å²) in [5.74, 6) is -0.309. The van der Waals surface area contributed by atoms with Crippen molar-refractivity contribution < 1.29 is 9.59 Å². The molecule has 0 N–H and O–H groups in total. The van der Waals surface area contributed by atoms with Crippen LogP contribution >= 0.6 is 0 Å². The van der Waals surface area contributed by atoms with E-state index in [1.54, 1.807) is 24.3 Å². The lowest BCUT2D eigenvalue weighted by atomic mass is 10.1. The van der Waals surface area contributed by atoms with Crippen LogP contribution in [0.1, 0.15) is 27.6 Å². The summed E-state index contributed by atoms with van der Waals surface area (Å²) >= 11 is 0. The molecule has 0 heterocycles. The van der Waals surface area contributed by atoms with Gasteiger partial charge in [0.25, 0.3) is 0 Å². The van der Waals surface area contributed by atoms with Crippen LogP contribution in [0.25, 0.3) is 0 Å². The summed E-state index contributed by atoms with van der Waals surface area (Å²) in [7, 11) is 0. The van der Waals surface area contributed by atoms with E-state index in [1.165, 1.54) is 6.92 Å². The molecule has 0 aliphatic rings. The highest BCUT2D eigenvalue weighted by molar-refractivity contribution is 6.02. The van der Waals surface area contributed by atoms with Crippen molar-refractivity contribution in [2.45, 2.75) is 6.92 Å². The van der Waals surface area contributed by atoms with Crippen molar-refractivity contribution in [3.05, 3.63) is 42.3 Å². The van der Waals surface area contributed by atoms with Gasteiger partial charge in [-0.2, -0.15) is 0 Å². The zero-order valence-electron chi connectivity index (χ0n) is 6.83. The molecular formula is C10H9O2. The molecule has 1 aromatic rings. The fourth-order valence-electron chi connectivity index (χ4n) is 0.912. The second-order valence-electron chi connectivity index (χ2n) is 2.56. The molecule has 2 nitrogen and oxygen atoms in total. The van der Waals surface area contributed by atoms with Gasteiger partial charge in [-0.1, -0.05) is 18.2 Å². The molecule has 0 fully saturated rings. The molecule has 0 aliphatic carbocycles. The Morgan fingerprint density at radius 2 is 1.83 bits per heavy atom. The van der Waals surface area contributed by atoms with E-state index in [2.05, 4.69) is 6.92 Å². The van der Waals surface area contributed by atoms with Gasteiger partial charge >= 0.3 is 0 Å². The summed E-state index contributed by atoms with van der Waals surface area (Å²) in [6.45, 7) is 4.72. The predicted octanol–water partition coefficient (Wildman–Crippen LogP) is 1.91. The van der Waals surface area contributed by atoms with Crippen molar-refractivity contribution in [1.29, 1.82) is 0 Å². The van der Waals surface area contributed by atoms with Gasteiger partial charge in [0.05, 0.1) is 0 Å². The third-order valence-electron chi connectivity index (χ3n) is 1.59. The lowest BCUT2D eigenvalue weighted by Gasteiger charge is -1.97. The van der Waals surface area contributed by atoms with Crippen LogP contribution in [0.3, 0.4) is 0 Å². The Morgan fingerprint density at radius 1 is 1.25 bits per heavy atom. The van der Waals surface area contributed by atoms with Crippen LogP contribution in [0.4, 0.5) is 0 Å². The largest absolute Gasteiger partial charge is 0.295 e. The first kappa shape index (κ1) is 8.65. The number of rotatable bonds is 2. The molecule has 0 bridgehead atoms. The van der Waals surface area contributed by atoms with Crippen molar-refractivity contribution in [1.82, 2.24) is 0 Å². The van der Waals surface area contributed by atoms with Gasteiger partial charge in [0.15, 0.2) is 11.6 Å². The van der Waals surface area contributed by atoms with Crippen LogP contribution in [-0.4, -0.2) is 11.6 Å². The van der Waals surface area contributed by atoms with Crippen LogP contribution in [0.15, 0.2) is 24.3 Å². The van der Waals surface area contributed by atoms with Crippen LogP contribution in [0, 0.1) is 6.92 Å². The predicted molar refractivity (Wildman–Crippen MR) is 46.1 cm³/mol. The summed E-state index contributed by atoms with van der Waals surface area (Å²) in [4.78, 5) is 21.7. The molecule has 61 valence electrons. The Labute approximate surface area is 71.2 Å². The van der Waals surface area contributed by atoms with E-state index >= 15 is 0 Å². The number of Topliss-reactive ketones (excluding diaryl/α,β-unsaturated/α-hetero) is 2. The van der Waals surface area contributed by atoms with E-state index in [1.807, 2.05) is 0 Å². The van der Waals surface area contributed by atoms with Gasteiger partial charge in [0.2, 0.25) is 0 Å². The van der Waals surface area contributed by atoms with Crippen LogP contribution in [-0.2, 0) is 0 Å². The Kier molecular flexibility index (Phi) is 2.38. The third-order valence-corrected chi connectivity index (χ3v) is 1.59. The topological polar surface area (TPSA) is 34.1 Å².